The van der Waals surface area contributed by atoms with Gasteiger partial charge < -0.3 is 5.11 Å². The highest BCUT2D eigenvalue weighted by atomic mass is 32.7. The van der Waals surface area contributed by atoms with Gasteiger partial charge in [0.1, 0.15) is 0 Å². The summed E-state index contributed by atoms with van der Waals surface area (Å²) in [5.41, 5.74) is 0. The maximum absolute atomic E-state index is 11.3. The highest BCUT2D eigenvalue weighted by Gasteiger charge is 2.22. The lowest BCUT2D eigenvalue weighted by molar-refractivity contribution is 0.202. The molecule has 0 fully saturated rings. The fourth-order valence-corrected chi connectivity index (χ4v) is 2.53. The summed E-state index contributed by atoms with van der Waals surface area (Å²) in [5, 5.41) is 8.87. The quantitative estimate of drug-likeness (QED) is 0.598. The van der Waals surface area contributed by atoms with Gasteiger partial charge in [0, 0.05) is 0 Å². The minimum Gasteiger partial charge on any atom is -0.464 e. The topological polar surface area (TPSA) is 66.4 Å². The van der Waals surface area contributed by atoms with Crippen molar-refractivity contribution in [3.8, 4) is 0 Å². The third-order valence-electron chi connectivity index (χ3n) is 1.18. The van der Waals surface area contributed by atoms with Gasteiger partial charge in [-0.15, -0.1) is 0 Å². The minimum atomic E-state index is -1.73. The third-order valence-corrected chi connectivity index (χ3v) is 3.74. The van der Waals surface area contributed by atoms with Crippen molar-refractivity contribution in [2.75, 3.05) is 0 Å². The first-order valence-electron chi connectivity index (χ1n) is 3.38. The molecule has 0 heterocycles. The Morgan fingerprint density at radius 1 is 1.38 bits per heavy atom. The molecule has 0 aliphatic rings. The fraction of sp³-hybridized carbons (Fsp3) is 0. The van der Waals surface area contributed by atoms with Crippen LogP contribution in [0.15, 0.2) is 30.3 Å². The monoisotopic (exact) mass is 216 g/mol. The standard InChI is InChI=1S/C7H6NO3PS/c9-7(10)8-13-12(11)6-4-2-1-3-5-6/h1-5,8H/p+1. The zero-order valence-electron chi connectivity index (χ0n) is 6.51. The molecule has 1 atom stereocenters. The molecule has 4 nitrogen and oxygen atoms in total. The molecule has 0 bridgehead atoms. The average Bonchev–Trinajstić information content (AvgIpc) is 2.15. The molecule has 0 saturated carbocycles. The van der Waals surface area contributed by atoms with Crippen LogP contribution in [0, 0.1) is 0 Å². The predicted octanol–water partition coefficient (Wildman–Crippen LogP) is 1.97. The third kappa shape index (κ3) is 3.44. The Balaban J connectivity index is 2.54. The van der Waals surface area contributed by atoms with E-state index in [-0.39, 0.29) is 0 Å². The number of hydrogen-bond donors (Lipinski definition) is 2. The van der Waals surface area contributed by atoms with Crippen molar-refractivity contribution in [1.29, 1.82) is 0 Å². The van der Waals surface area contributed by atoms with Crippen LogP contribution >= 0.6 is 18.6 Å². The molecule has 1 rings (SSSR count). The maximum Gasteiger partial charge on any atom is 0.472 e. The first-order valence-corrected chi connectivity index (χ1v) is 6.06. The van der Waals surface area contributed by atoms with Gasteiger partial charge in [0.2, 0.25) is 5.30 Å². The van der Waals surface area contributed by atoms with Gasteiger partial charge in [-0.25, -0.2) is 9.52 Å². The molecule has 0 radical (unpaired) electrons. The molecule has 0 saturated heterocycles. The highest BCUT2D eigenvalue weighted by Crippen LogP contribution is 2.33. The van der Waals surface area contributed by atoms with E-state index in [0.717, 1.165) is 0 Å². The Morgan fingerprint density at radius 2 is 2.00 bits per heavy atom. The number of amides is 1. The molecule has 2 N–H and O–H groups in total. The molecule has 1 aromatic carbocycles. The van der Waals surface area contributed by atoms with Gasteiger partial charge in [-0.05, 0) is 12.1 Å². The van der Waals surface area contributed by atoms with Crippen LogP contribution in [0.25, 0.3) is 0 Å². The lowest BCUT2D eigenvalue weighted by Gasteiger charge is -1.86. The van der Waals surface area contributed by atoms with E-state index in [4.69, 9.17) is 5.11 Å². The number of hydrogen-bond acceptors (Lipinski definition) is 3. The van der Waals surface area contributed by atoms with Crippen molar-refractivity contribution in [1.82, 2.24) is 4.72 Å². The first-order chi connectivity index (χ1) is 6.20. The second kappa shape index (κ2) is 4.84. The van der Waals surface area contributed by atoms with Gasteiger partial charge in [-0.1, -0.05) is 22.8 Å². The van der Waals surface area contributed by atoms with Crippen LogP contribution in [0.3, 0.4) is 0 Å². The Kier molecular flexibility index (Phi) is 3.73. The Labute approximate surface area is 80.0 Å². The van der Waals surface area contributed by atoms with E-state index in [9.17, 15) is 9.36 Å². The molecule has 1 amide bonds. The van der Waals surface area contributed by atoms with Gasteiger partial charge >= 0.3 is 13.1 Å². The predicted molar refractivity (Wildman–Crippen MR) is 52.4 cm³/mol. The van der Waals surface area contributed by atoms with Gasteiger partial charge in [-0.2, -0.15) is 0 Å². The van der Waals surface area contributed by atoms with Crippen molar-refractivity contribution in [2.45, 2.75) is 0 Å². The zero-order chi connectivity index (χ0) is 9.68. The summed E-state index contributed by atoms with van der Waals surface area (Å²) in [4.78, 5) is 10.1. The smallest absolute Gasteiger partial charge is 0.464 e. The first kappa shape index (κ1) is 10.0. The number of carbonyl (C=O) groups is 1. The molecule has 1 unspecified atom stereocenters. The molecule has 0 aliphatic heterocycles. The number of nitrogens with one attached hydrogen (secondary N) is 1. The van der Waals surface area contributed by atoms with Gasteiger partial charge in [-0.3, -0.25) is 0 Å². The van der Waals surface area contributed by atoms with Crippen LogP contribution in [0.5, 0.6) is 0 Å². The summed E-state index contributed by atoms with van der Waals surface area (Å²) in [6.45, 7) is 0. The van der Waals surface area contributed by atoms with Crippen molar-refractivity contribution in [3.05, 3.63) is 30.3 Å². The normalized spacial score (nSPS) is 10.6. The number of carboxylic acid groups (broad SMARTS) is 1. The molecular formula is C7H7NO3PS+. The molecule has 0 aliphatic carbocycles. The summed E-state index contributed by atoms with van der Waals surface area (Å²) in [6, 6.07) is 8.69. The summed E-state index contributed by atoms with van der Waals surface area (Å²) < 4.78 is 13.3. The Morgan fingerprint density at radius 3 is 2.54 bits per heavy atom. The van der Waals surface area contributed by atoms with Crippen molar-refractivity contribution < 1.29 is 14.5 Å². The largest absolute Gasteiger partial charge is 0.472 e. The number of benzene rings is 1. The lowest BCUT2D eigenvalue weighted by atomic mass is 10.4. The second-order valence-electron chi connectivity index (χ2n) is 2.09. The molecule has 0 spiro atoms. The summed E-state index contributed by atoms with van der Waals surface area (Å²) in [6.07, 6.45) is -1.19. The summed E-state index contributed by atoms with van der Waals surface area (Å²) in [7, 11) is -1.73. The SMILES string of the molecule is O=C(O)NS[P+](=O)c1ccccc1. The molecule has 13 heavy (non-hydrogen) atoms. The summed E-state index contributed by atoms with van der Waals surface area (Å²) in [5.74, 6) is 0. The van der Waals surface area contributed by atoms with Crippen LogP contribution in [-0.4, -0.2) is 11.2 Å². The molecule has 1 aromatic rings. The van der Waals surface area contributed by atoms with Crippen LogP contribution in [0.2, 0.25) is 0 Å². The molecule has 68 valence electrons. The van der Waals surface area contributed by atoms with Crippen LogP contribution in [0.1, 0.15) is 0 Å². The van der Waals surface area contributed by atoms with E-state index in [1.54, 1.807) is 24.3 Å². The zero-order valence-corrected chi connectivity index (χ0v) is 8.22. The molecular weight excluding hydrogens is 209 g/mol. The van der Waals surface area contributed by atoms with E-state index in [2.05, 4.69) is 0 Å². The van der Waals surface area contributed by atoms with E-state index in [1.165, 1.54) is 0 Å². The average molecular weight is 216 g/mol. The van der Waals surface area contributed by atoms with Crippen molar-refractivity contribution in [3.63, 3.8) is 0 Å². The second-order valence-corrected chi connectivity index (χ2v) is 5.05. The Hall–Kier alpha value is -1.06. The van der Waals surface area contributed by atoms with Crippen molar-refractivity contribution >= 4 is 30.0 Å². The van der Waals surface area contributed by atoms with Crippen molar-refractivity contribution in [2.24, 2.45) is 0 Å². The Bertz CT molecular complexity index is 317. The van der Waals surface area contributed by atoms with Gasteiger partial charge in [0.25, 0.3) is 11.6 Å². The van der Waals surface area contributed by atoms with E-state index in [1.807, 2.05) is 10.8 Å². The molecule has 0 aromatic heterocycles. The van der Waals surface area contributed by atoms with Crippen LogP contribution in [-0.2, 0) is 4.57 Å². The van der Waals surface area contributed by atoms with E-state index in [0.29, 0.717) is 16.9 Å². The molecule has 6 heteroatoms. The number of rotatable bonds is 3. The van der Waals surface area contributed by atoms with E-state index >= 15 is 0 Å². The maximum atomic E-state index is 11.3. The lowest BCUT2D eigenvalue weighted by Crippen LogP contribution is -2.11. The fourth-order valence-electron chi connectivity index (χ4n) is 0.683. The van der Waals surface area contributed by atoms with E-state index < -0.39 is 13.1 Å². The highest BCUT2D eigenvalue weighted by molar-refractivity contribution is 8.52. The van der Waals surface area contributed by atoms with Gasteiger partial charge in [0.05, 0.1) is 0 Å². The summed E-state index contributed by atoms with van der Waals surface area (Å²) >= 11 is 0.697. The van der Waals surface area contributed by atoms with Crippen LogP contribution in [0.4, 0.5) is 4.79 Å². The minimum absolute atomic E-state index is 0.622. The van der Waals surface area contributed by atoms with Crippen LogP contribution < -0.4 is 10.0 Å². The van der Waals surface area contributed by atoms with Gasteiger partial charge in [0.15, 0.2) is 0 Å².